The molecule has 4 aromatic rings. The van der Waals surface area contributed by atoms with Crippen LogP contribution in [0.1, 0.15) is 11.1 Å². The number of hydrogen-bond donors (Lipinski definition) is 2. The number of rotatable bonds is 5. The first-order valence-electron chi connectivity index (χ1n) is 9.03. The van der Waals surface area contributed by atoms with E-state index in [0.717, 1.165) is 10.8 Å². The highest BCUT2D eigenvalue weighted by atomic mass is 35.5. The van der Waals surface area contributed by atoms with Gasteiger partial charge in [0.15, 0.2) is 11.2 Å². The maximum Gasteiger partial charge on any atom is 0.329 e. The van der Waals surface area contributed by atoms with Gasteiger partial charge in [-0.1, -0.05) is 35.9 Å². The Kier molecular flexibility index (Phi) is 5.38. The second-order valence-electron chi connectivity index (χ2n) is 6.61. The molecule has 0 aliphatic rings. The first kappa shape index (κ1) is 20.5. The van der Waals surface area contributed by atoms with Crippen LogP contribution in [0.2, 0.25) is 5.02 Å². The van der Waals surface area contributed by atoms with Gasteiger partial charge in [-0.2, -0.15) is 10.1 Å². The van der Waals surface area contributed by atoms with Gasteiger partial charge in [0.1, 0.15) is 11.6 Å². The Morgan fingerprint density at radius 2 is 1.90 bits per heavy atom. The highest BCUT2D eigenvalue weighted by Gasteiger charge is 2.18. The smallest absolute Gasteiger partial charge is 0.298 e. The molecule has 2 aromatic carbocycles. The Bertz CT molecular complexity index is 1420. The fourth-order valence-corrected chi connectivity index (χ4v) is 3.27. The van der Waals surface area contributed by atoms with E-state index in [-0.39, 0.29) is 34.2 Å². The second kappa shape index (κ2) is 8.15. The number of nitrogens with zero attached hydrogens (tertiary/aromatic N) is 4. The lowest BCUT2D eigenvalue weighted by Crippen LogP contribution is -2.29. The molecule has 0 radical (unpaired) electrons. The summed E-state index contributed by atoms with van der Waals surface area (Å²) in [5, 5.41) is 4.12. The molecule has 31 heavy (non-hydrogen) atoms. The third-order valence-electron chi connectivity index (χ3n) is 4.65. The molecule has 0 aliphatic heterocycles. The number of nitrogens with one attached hydrogen (secondary N) is 2. The molecule has 158 valence electrons. The summed E-state index contributed by atoms with van der Waals surface area (Å²) in [7, 11) is 1.44. The summed E-state index contributed by atoms with van der Waals surface area (Å²) in [5.41, 5.74) is 1.76. The quantitative estimate of drug-likeness (QED) is 0.365. The fraction of sp³-hybridized carbons (Fsp3) is 0.100. The van der Waals surface area contributed by atoms with Crippen LogP contribution in [0.15, 0.2) is 57.2 Å². The highest BCUT2D eigenvalue weighted by molar-refractivity contribution is 6.33. The number of hydrazone groups is 1. The third kappa shape index (κ3) is 3.84. The first-order valence-corrected chi connectivity index (χ1v) is 9.40. The van der Waals surface area contributed by atoms with Gasteiger partial charge >= 0.3 is 5.69 Å². The van der Waals surface area contributed by atoms with Gasteiger partial charge in [0.05, 0.1) is 17.8 Å². The van der Waals surface area contributed by atoms with E-state index in [2.05, 4.69) is 20.5 Å². The Hall–Kier alpha value is -3.79. The van der Waals surface area contributed by atoms with Crippen LogP contribution in [0.3, 0.4) is 0 Å². The topological polar surface area (TPSA) is 97.1 Å². The number of imidazole rings is 1. The third-order valence-corrected chi connectivity index (χ3v) is 4.98. The number of anilines is 1. The zero-order valence-corrected chi connectivity index (χ0v) is 16.8. The molecule has 8 nitrogen and oxygen atoms in total. The van der Waals surface area contributed by atoms with Crippen LogP contribution in [0, 0.1) is 11.6 Å². The van der Waals surface area contributed by atoms with E-state index < -0.39 is 22.9 Å². The lowest BCUT2D eigenvalue weighted by Gasteiger charge is -2.09. The van der Waals surface area contributed by atoms with Crippen LogP contribution in [0.5, 0.6) is 0 Å². The summed E-state index contributed by atoms with van der Waals surface area (Å²) >= 11 is 5.99. The summed E-state index contributed by atoms with van der Waals surface area (Å²) in [6.07, 6.45) is 1.16. The van der Waals surface area contributed by atoms with Gasteiger partial charge < -0.3 is 0 Å². The van der Waals surface area contributed by atoms with E-state index >= 15 is 0 Å². The minimum Gasteiger partial charge on any atom is -0.298 e. The molecule has 0 saturated heterocycles. The van der Waals surface area contributed by atoms with Crippen molar-refractivity contribution in [2.24, 2.45) is 12.1 Å². The van der Waals surface area contributed by atoms with E-state index in [1.54, 1.807) is 18.2 Å². The predicted octanol–water partition coefficient (Wildman–Crippen LogP) is 2.85. The van der Waals surface area contributed by atoms with E-state index in [4.69, 9.17) is 11.6 Å². The number of aromatic nitrogens is 4. The van der Waals surface area contributed by atoms with E-state index in [1.807, 2.05) is 0 Å². The number of benzene rings is 2. The van der Waals surface area contributed by atoms with Crippen molar-refractivity contribution in [1.82, 2.24) is 19.1 Å². The van der Waals surface area contributed by atoms with Crippen molar-refractivity contribution in [3.63, 3.8) is 0 Å². The summed E-state index contributed by atoms with van der Waals surface area (Å²) in [5.74, 6) is -0.997. The summed E-state index contributed by atoms with van der Waals surface area (Å²) in [6.45, 7) is -0.0667. The van der Waals surface area contributed by atoms with Crippen molar-refractivity contribution >= 4 is 34.9 Å². The van der Waals surface area contributed by atoms with Crippen molar-refractivity contribution in [2.45, 2.75) is 6.54 Å². The van der Waals surface area contributed by atoms with Gasteiger partial charge in [-0.15, -0.1) is 0 Å². The molecule has 0 atom stereocenters. The highest BCUT2D eigenvalue weighted by Crippen LogP contribution is 2.20. The van der Waals surface area contributed by atoms with Crippen molar-refractivity contribution in [1.29, 1.82) is 0 Å². The van der Waals surface area contributed by atoms with Crippen LogP contribution in [-0.2, 0) is 13.6 Å². The number of hydrogen-bond acceptors (Lipinski definition) is 5. The average Bonchev–Trinajstić information content (AvgIpc) is 3.09. The number of aromatic amines is 1. The number of fused-ring (bicyclic) bond motifs is 1. The molecule has 2 heterocycles. The maximum absolute atomic E-state index is 14.2. The summed E-state index contributed by atoms with van der Waals surface area (Å²) in [6, 6.07) is 10.3. The molecule has 11 heteroatoms. The molecule has 0 aliphatic carbocycles. The minimum atomic E-state index is -0.684. The summed E-state index contributed by atoms with van der Waals surface area (Å²) < 4.78 is 30.7. The SMILES string of the molecule is Cn1c(=O)[nH]c(=O)c2c1nc(N/N=C/c1c(F)cccc1Cl)n2Cc1ccccc1F. The molecule has 0 saturated carbocycles. The lowest BCUT2D eigenvalue weighted by molar-refractivity contribution is 0.602. The number of H-pyrrole nitrogens is 1. The molecule has 0 unspecified atom stereocenters. The molecule has 0 fully saturated rings. The molecule has 0 spiro atoms. The van der Waals surface area contributed by atoms with Gasteiger partial charge in [0, 0.05) is 18.2 Å². The Morgan fingerprint density at radius 3 is 2.65 bits per heavy atom. The second-order valence-corrected chi connectivity index (χ2v) is 7.02. The molecule has 2 N–H and O–H groups in total. The lowest BCUT2D eigenvalue weighted by atomic mass is 10.2. The first-order chi connectivity index (χ1) is 14.9. The van der Waals surface area contributed by atoms with Gasteiger partial charge in [-0.25, -0.2) is 19.0 Å². The van der Waals surface area contributed by atoms with Gasteiger partial charge in [0.2, 0.25) is 5.95 Å². The maximum atomic E-state index is 14.2. The Labute approximate surface area is 178 Å². The van der Waals surface area contributed by atoms with Gasteiger partial charge in [0.25, 0.3) is 5.56 Å². The Balaban J connectivity index is 1.82. The monoisotopic (exact) mass is 444 g/mol. The fourth-order valence-electron chi connectivity index (χ4n) is 3.06. The molecule has 2 aromatic heterocycles. The molecule has 0 amide bonds. The van der Waals surface area contributed by atoms with Crippen molar-refractivity contribution in [3.05, 3.63) is 91.1 Å². The van der Waals surface area contributed by atoms with Crippen molar-refractivity contribution < 1.29 is 8.78 Å². The van der Waals surface area contributed by atoms with E-state index in [9.17, 15) is 18.4 Å². The zero-order chi connectivity index (χ0) is 22.1. The van der Waals surface area contributed by atoms with Crippen molar-refractivity contribution in [2.75, 3.05) is 5.43 Å². The molecule has 0 bridgehead atoms. The standard InChI is InChI=1S/C20H15ClF2N6O2/c1-28-17-16(18(30)26-20(28)31)29(10-11-5-2-3-7-14(11)22)19(25-17)27-24-9-12-13(21)6-4-8-15(12)23/h2-9H,10H2,1H3,(H,25,27)(H,26,30,31)/b24-9+. The number of halogens is 3. The van der Waals surface area contributed by atoms with Crippen molar-refractivity contribution in [3.8, 4) is 0 Å². The van der Waals surface area contributed by atoms with E-state index in [0.29, 0.717) is 5.56 Å². The number of aryl methyl sites for hydroxylation is 1. The minimum absolute atomic E-state index is 0.0481. The Morgan fingerprint density at radius 1 is 1.16 bits per heavy atom. The van der Waals surface area contributed by atoms with Gasteiger partial charge in [-0.3, -0.25) is 18.9 Å². The van der Waals surface area contributed by atoms with Crippen LogP contribution in [0.4, 0.5) is 14.7 Å². The molecule has 4 rings (SSSR count). The van der Waals surface area contributed by atoms with E-state index in [1.165, 1.54) is 35.9 Å². The zero-order valence-electron chi connectivity index (χ0n) is 16.1. The summed E-state index contributed by atoms with van der Waals surface area (Å²) in [4.78, 5) is 30.9. The molecular formula is C20H15ClF2N6O2. The van der Waals surface area contributed by atoms with Crippen LogP contribution in [-0.4, -0.2) is 25.3 Å². The van der Waals surface area contributed by atoms with Crippen LogP contribution >= 0.6 is 11.6 Å². The largest absolute Gasteiger partial charge is 0.329 e. The molecular weight excluding hydrogens is 430 g/mol. The predicted molar refractivity (Wildman–Crippen MR) is 114 cm³/mol. The normalized spacial score (nSPS) is 11.5. The van der Waals surface area contributed by atoms with Gasteiger partial charge in [-0.05, 0) is 18.2 Å². The average molecular weight is 445 g/mol. The van der Waals surface area contributed by atoms with Crippen LogP contribution < -0.4 is 16.7 Å². The van der Waals surface area contributed by atoms with Crippen LogP contribution in [0.25, 0.3) is 11.2 Å².